The Bertz CT molecular complexity index is 970. The van der Waals surface area contributed by atoms with Gasteiger partial charge in [0.1, 0.15) is 23.3 Å². The zero-order valence-electron chi connectivity index (χ0n) is 15.1. The summed E-state index contributed by atoms with van der Waals surface area (Å²) in [6.45, 7) is 0.427. The summed E-state index contributed by atoms with van der Waals surface area (Å²) in [5, 5.41) is 10.6. The minimum Gasteiger partial charge on any atom is -0.370 e. The van der Waals surface area contributed by atoms with E-state index in [4.69, 9.17) is 25.3 Å². The molecule has 0 spiro atoms. The molecule has 4 rings (SSSR count). The first-order valence-electron chi connectivity index (χ1n) is 8.45. The molecule has 11 nitrogen and oxygen atoms in total. The minimum absolute atomic E-state index is 0.131. The summed E-state index contributed by atoms with van der Waals surface area (Å²) in [4.78, 5) is 8.55. The van der Waals surface area contributed by atoms with Crippen LogP contribution in [0.5, 0.6) is 0 Å². The third-order valence-electron chi connectivity index (χ3n) is 4.33. The summed E-state index contributed by atoms with van der Waals surface area (Å²) in [5.41, 5.74) is 0.736. The summed E-state index contributed by atoms with van der Waals surface area (Å²) in [6, 6.07) is -0.267. The Morgan fingerprint density at radius 1 is 1.29 bits per heavy atom. The second-order valence-corrected chi connectivity index (χ2v) is 8.61. The molecule has 2 saturated heterocycles. The highest BCUT2D eigenvalue weighted by Crippen LogP contribution is 2.32. The number of halogens is 1. The van der Waals surface area contributed by atoms with E-state index < -0.39 is 22.3 Å². The van der Waals surface area contributed by atoms with E-state index in [0.717, 1.165) is 11.9 Å². The Labute approximate surface area is 166 Å². The van der Waals surface area contributed by atoms with Crippen molar-refractivity contribution in [3.05, 3.63) is 23.6 Å². The fraction of sp³-hybridized carbons (Fsp3) is 0.533. The standard InChI is InChI=1S/C15H19ClN6O5S/c1-22-5-8(3-18-22)19-15-17-4-9(16)14(21-15)20-10-6-25-13-11(7-26-12(10)13)27-28(2,23)24/h3-5,10-13H,6-7H2,1-2H3,(H2,17,19,20,21). The van der Waals surface area contributed by atoms with Crippen LogP contribution in [0.15, 0.2) is 18.6 Å². The van der Waals surface area contributed by atoms with Gasteiger partial charge in [0.25, 0.3) is 10.1 Å². The van der Waals surface area contributed by atoms with E-state index >= 15 is 0 Å². The highest BCUT2D eigenvalue weighted by molar-refractivity contribution is 7.86. The first kappa shape index (κ1) is 19.3. The minimum atomic E-state index is -3.60. The topological polar surface area (TPSA) is 129 Å². The summed E-state index contributed by atoms with van der Waals surface area (Å²) in [5.74, 6) is 0.759. The summed E-state index contributed by atoms with van der Waals surface area (Å²) in [7, 11) is -1.79. The van der Waals surface area contributed by atoms with Crippen molar-refractivity contribution in [3.8, 4) is 0 Å². The Morgan fingerprint density at radius 2 is 2.07 bits per heavy atom. The highest BCUT2D eigenvalue weighted by atomic mass is 35.5. The van der Waals surface area contributed by atoms with Crippen LogP contribution in [0.25, 0.3) is 0 Å². The molecular formula is C15H19ClN6O5S. The third-order valence-corrected chi connectivity index (χ3v) is 5.21. The lowest BCUT2D eigenvalue weighted by Gasteiger charge is -2.19. The Hall–Kier alpha value is -1.99. The van der Waals surface area contributed by atoms with Crippen LogP contribution in [0.4, 0.5) is 17.5 Å². The van der Waals surface area contributed by atoms with Crippen LogP contribution in [0.2, 0.25) is 5.02 Å². The van der Waals surface area contributed by atoms with Gasteiger partial charge in [-0.05, 0) is 0 Å². The molecule has 0 bridgehead atoms. The molecule has 4 atom stereocenters. The lowest BCUT2D eigenvalue weighted by molar-refractivity contribution is 0.0339. The molecule has 0 aliphatic carbocycles. The predicted molar refractivity (Wildman–Crippen MR) is 100 cm³/mol. The average Bonchev–Trinajstić information content (AvgIpc) is 3.29. The number of hydrogen-bond acceptors (Lipinski definition) is 10. The number of hydrogen-bond donors (Lipinski definition) is 2. The third kappa shape index (κ3) is 4.20. The van der Waals surface area contributed by atoms with Gasteiger partial charge in [-0.1, -0.05) is 11.6 Å². The van der Waals surface area contributed by atoms with Crippen molar-refractivity contribution in [2.45, 2.75) is 24.4 Å². The van der Waals surface area contributed by atoms with E-state index in [0.29, 0.717) is 23.4 Å². The second-order valence-electron chi connectivity index (χ2n) is 6.60. The fourth-order valence-corrected chi connectivity index (χ4v) is 3.97. The van der Waals surface area contributed by atoms with Gasteiger partial charge in [0.05, 0.1) is 43.6 Å². The van der Waals surface area contributed by atoms with Crippen LogP contribution < -0.4 is 10.6 Å². The molecule has 0 amide bonds. The van der Waals surface area contributed by atoms with Gasteiger partial charge < -0.3 is 20.1 Å². The smallest absolute Gasteiger partial charge is 0.264 e. The molecule has 0 aromatic carbocycles. The number of ether oxygens (including phenoxy) is 2. The lowest BCUT2D eigenvalue weighted by Crippen LogP contribution is -2.37. The number of anilines is 3. The van der Waals surface area contributed by atoms with Gasteiger partial charge in [-0.25, -0.2) is 4.98 Å². The maximum Gasteiger partial charge on any atom is 0.264 e. The van der Waals surface area contributed by atoms with E-state index in [9.17, 15) is 8.42 Å². The van der Waals surface area contributed by atoms with Gasteiger partial charge in [0.15, 0.2) is 5.82 Å². The van der Waals surface area contributed by atoms with Crippen molar-refractivity contribution in [3.63, 3.8) is 0 Å². The number of rotatable bonds is 6. The van der Waals surface area contributed by atoms with Gasteiger partial charge >= 0.3 is 0 Å². The Morgan fingerprint density at radius 3 is 2.79 bits per heavy atom. The molecular weight excluding hydrogens is 412 g/mol. The van der Waals surface area contributed by atoms with Gasteiger partial charge in [0, 0.05) is 13.2 Å². The number of nitrogens with zero attached hydrogens (tertiary/aromatic N) is 4. The van der Waals surface area contributed by atoms with Crippen LogP contribution in [-0.2, 0) is 30.8 Å². The van der Waals surface area contributed by atoms with Gasteiger partial charge in [-0.15, -0.1) is 0 Å². The second kappa shape index (κ2) is 7.44. The molecule has 152 valence electrons. The quantitative estimate of drug-likeness (QED) is 0.626. The summed E-state index contributed by atoms with van der Waals surface area (Å²) < 4.78 is 40.9. The predicted octanol–water partition coefficient (Wildman–Crippen LogP) is 0.530. The molecule has 2 aliphatic rings. The van der Waals surface area contributed by atoms with Crippen molar-refractivity contribution in [2.24, 2.45) is 7.05 Å². The molecule has 28 heavy (non-hydrogen) atoms. The number of aromatic nitrogens is 4. The normalized spacial score (nSPS) is 27.0. The van der Waals surface area contributed by atoms with Crippen molar-refractivity contribution in [1.29, 1.82) is 0 Å². The van der Waals surface area contributed by atoms with Crippen LogP contribution in [0, 0.1) is 0 Å². The van der Waals surface area contributed by atoms with Crippen LogP contribution in [-0.4, -0.2) is 72.0 Å². The van der Waals surface area contributed by atoms with Crippen molar-refractivity contribution in [2.75, 3.05) is 30.1 Å². The zero-order chi connectivity index (χ0) is 19.9. The molecule has 13 heteroatoms. The number of fused-ring (bicyclic) bond motifs is 1. The van der Waals surface area contributed by atoms with Crippen LogP contribution >= 0.6 is 11.6 Å². The zero-order valence-corrected chi connectivity index (χ0v) is 16.6. The lowest BCUT2D eigenvalue weighted by atomic mass is 10.1. The largest absolute Gasteiger partial charge is 0.370 e. The van der Waals surface area contributed by atoms with Crippen molar-refractivity contribution >= 4 is 39.2 Å². The maximum atomic E-state index is 11.4. The Balaban J connectivity index is 1.45. The number of nitrogens with one attached hydrogen (secondary N) is 2. The van der Waals surface area contributed by atoms with Gasteiger partial charge in [0.2, 0.25) is 5.95 Å². The molecule has 2 aromatic rings. The van der Waals surface area contributed by atoms with E-state index in [1.54, 1.807) is 24.1 Å². The van der Waals surface area contributed by atoms with Crippen LogP contribution in [0.3, 0.4) is 0 Å². The van der Waals surface area contributed by atoms with Crippen LogP contribution in [0.1, 0.15) is 0 Å². The highest BCUT2D eigenvalue weighted by Gasteiger charge is 2.49. The molecule has 4 heterocycles. The molecule has 2 N–H and O–H groups in total. The van der Waals surface area contributed by atoms with Crippen molar-refractivity contribution in [1.82, 2.24) is 19.7 Å². The van der Waals surface area contributed by atoms with Gasteiger partial charge in [-0.2, -0.15) is 18.5 Å². The monoisotopic (exact) mass is 430 g/mol. The summed E-state index contributed by atoms with van der Waals surface area (Å²) >= 11 is 6.22. The molecule has 0 saturated carbocycles. The van der Waals surface area contributed by atoms with E-state index in [1.807, 2.05) is 0 Å². The van der Waals surface area contributed by atoms with Gasteiger partial charge in [-0.3, -0.25) is 8.86 Å². The number of aryl methyl sites for hydroxylation is 1. The fourth-order valence-electron chi connectivity index (χ4n) is 3.21. The summed E-state index contributed by atoms with van der Waals surface area (Å²) in [6.07, 6.45) is 4.38. The molecule has 0 radical (unpaired) electrons. The molecule has 4 unspecified atom stereocenters. The molecule has 2 aliphatic heterocycles. The first-order chi connectivity index (χ1) is 13.3. The molecule has 2 fully saturated rings. The maximum absolute atomic E-state index is 11.4. The first-order valence-corrected chi connectivity index (χ1v) is 10.6. The van der Waals surface area contributed by atoms with E-state index in [2.05, 4.69) is 25.7 Å². The van der Waals surface area contributed by atoms with E-state index in [-0.39, 0.29) is 18.8 Å². The SMILES string of the molecule is Cn1cc(Nc2ncc(Cl)c(NC3COC4C(OS(C)(=O)=O)COC34)n2)cn1. The van der Waals surface area contributed by atoms with Crippen molar-refractivity contribution < 1.29 is 22.1 Å². The van der Waals surface area contributed by atoms with E-state index in [1.165, 1.54) is 6.20 Å². The Kier molecular flexibility index (Phi) is 5.14. The molecule has 2 aromatic heterocycles. The average molecular weight is 431 g/mol.